The molecule has 0 saturated heterocycles. The Labute approximate surface area is 145 Å². The quantitative estimate of drug-likeness (QED) is 0.812. The number of ether oxygens (including phenoxy) is 1. The Balaban J connectivity index is 1.93. The van der Waals surface area contributed by atoms with E-state index in [0.717, 1.165) is 27.0 Å². The molecule has 0 fully saturated rings. The van der Waals surface area contributed by atoms with Gasteiger partial charge < -0.3 is 15.4 Å². The molecule has 0 bridgehead atoms. The number of methoxy groups -OCH3 is 1. The van der Waals surface area contributed by atoms with Gasteiger partial charge in [-0.25, -0.2) is 0 Å². The third-order valence-corrected chi connectivity index (χ3v) is 4.34. The van der Waals surface area contributed by atoms with Crippen molar-refractivity contribution in [2.75, 3.05) is 19.0 Å². The van der Waals surface area contributed by atoms with Gasteiger partial charge in [-0.3, -0.25) is 4.79 Å². The van der Waals surface area contributed by atoms with Crippen LogP contribution < -0.4 is 15.4 Å². The SMILES string of the molecule is COc1ccccc1[C@@H](C)[NH2+]CC(=O)Nc1ccc(C)cc1Br. The fraction of sp³-hybridized carbons (Fsp3) is 0.278. The fourth-order valence-electron chi connectivity index (χ4n) is 2.38. The summed E-state index contributed by atoms with van der Waals surface area (Å²) in [6.45, 7) is 4.42. The van der Waals surface area contributed by atoms with E-state index in [0.29, 0.717) is 6.54 Å². The van der Waals surface area contributed by atoms with Crippen molar-refractivity contribution in [2.24, 2.45) is 0 Å². The van der Waals surface area contributed by atoms with Crippen LogP contribution >= 0.6 is 15.9 Å². The van der Waals surface area contributed by atoms with Crippen molar-refractivity contribution in [3.63, 3.8) is 0 Å². The summed E-state index contributed by atoms with van der Waals surface area (Å²) in [5.41, 5.74) is 3.02. The summed E-state index contributed by atoms with van der Waals surface area (Å²) in [6, 6.07) is 13.9. The molecule has 0 aliphatic rings. The van der Waals surface area contributed by atoms with Crippen LogP contribution in [0.15, 0.2) is 46.9 Å². The summed E-state index contributed by atoms with van der Waals surface area (Å²) in [5.74, 6) is 0.814. The van der Waals surface area contributed by atoms with Crippen LogP contribution in [-0.4, -0.2) is 19.6 Å². The zero-order valence-electron chi connectivity index (χ0n) is 13.6. The second kappa shape index (κ2) is 8.13. The number of nitrogens with two attached hydrogens (primary N) is 1. The van der Waals surface area contributed by atoms with Gasteiger partial charge in [0.25, 0.3) is 5.91 Å². The van der Waals surface area contributed by atoms with Crippen LogP contribution in [0.5, 0.6) is 5.75 Å². The van der Waals surface area contributed by atoms with E-state index < -0.39 is 0 Å². The average Bonchev–Trinajstić information content (AvgIpc) is 2.55. The van der Waals surface area contributed by atoms with Crippen molar-refractivity contribution >= 4 is 27.5 Å². The van der Waals surface area contributed by atoms with Crippen LogP contribution in [0.1, 0.15) is 24.1 Å². The molecular formula is C18H22BrN2O2+. The Morgan fingerprint density at radius 1 is 1.30 bits per heavy atom. The van der Waals surface area contributed by atoms with E-state index in [4.69, 9.17) is 4.74 Å². The highest BCUT2D eigenvalue weighted by Crippen LogP contribution is 2.23. The highest BCUT2D eigenvalue weighted by Gasteiger charge is 2.15. The Morgan fingerprint density at radius 3 is 2.74 bits per heavy atom. The lowest BCUT2D eigenvalue weighted by atomic mass is 10.1. The normalized spacial score (nSPS) is 11.8. The van der Waals surface area contributed by atoms with E-state index in [1.54, 1.807) is 7.11 Å². The summed E-state index contributed by atoms with van der Waals surface area (Å²) >= 11 is 3.47. The monoisotopic (exact) mass is 377 g/mol. The number of anilines is 1. The number of quaternary nitrogens is 1. The molecule has 122 valence electrons. The first-order valence-corrected chi connectivity index (χ1v) is 8.33. The van der Waals surface area contributed by atoms with Gasteiger partial charge in [0, 0.05) is 4.47 Å². The van der Waals surface area contributed by atoms with Crippen LogP contribution in [0.3, 0.4) is 0 Å². The first kappa shape index (κ1) is 17.5. The second-order valence-electron chi connectivity index (χ2n) is 5.50. The maximum atomic E-state index is 12.1. The third kappa shape index (κ3) is 4.81. The summed E-state index contributed by atoms with van der Waals surface area (Å²) in [5, 5.41) is 4.92. The van der Waals surface area contributed by atoms with Gasteiger partial charge in [0.05, 0.1) is 18.4 Å². The zero-order chi connectivity index (χ0) is 16.8. The molecule has 0 aromatic heterocycles. The van der Waals surface area contributed by atoms with Crippen LogP contribution in [0, 0.1) is 6.92 Å². The minimum absolute atomic E-state index is 0.0312. The zero-order valence-corrected chi connectivity index (χ0v) is 15.2. The number of halogens is 1. The van der Waals surface area contributed by atoms with E-state index >= 15 is 0 Å². The lowest BCUT2D eigenvalue weighted by Gasteiger charge is -2.14. The van der Waals surface area contributed by atoms with Crippen molar-refractivity contribution in [1.82, 2.24) is 0 Å². The van der Waals surface area contributed by atoms with E-state index in [1.807, 2.05) is 54.7 Å². The molecule has 0 spiro atoms. The van der Waals surface area contributed by atoms with Gasteiger partial charge in [0.15, 0.2) is 6.54 Å². The summed E-state index contributed by atoms with van der Waals surface area (Å²) in [6.07, 6.45) is 0. The number of hydrogen-bond donors (Lipinski definition) is 2. The number of amides is 1. The molecule has 23 heavy (non-hydrogen) atoms. The molecule has 0 unspecified atom stereocenters. The van der Waals surface area contributed by atoms with Crippen LogP contribution in [-0.2, 0) is 4.79 Å². The van der Waals surface area contributed by atoms with Gasteiger partial charge in [0.1, 0.15) is 11.8 Å². The fourth-order valence-corrected chi connectivity index (χ4v) is 2.97. The second-order valence-corrected chi connectivity index (χ2v) is 6.36. The minimum atomic E-state index is -0.0312. The number of carbonyl (C=O) groups is 1. The molecule has 0 aliphatic carbocycles. The number of carbonyl (C=O) groups excluding carboxylic acids is 1. The molecule has 5 heteroatoms. The lowest BCUT2D eigenvalue weighted by Crippen LogP contribution is -2.86. The van der Waals surface area contributed by atoms with Gasteiger partial charge in [0.2, 0.25) is 0 Å². The van der Waals surface area contributed by atoms with Crippen molar-refractivity contribution < 1.29 is 14.8 Å². The highest BCUT2D eigenvalue weighted by molar-refractivity contribution is 9.10. The molecule has 1 amide bonds. The molecule has 2 rings (SSSR count). The van der Waals surface area contributed by atoms with Gasteiger partial charge in [-0.15, -0.1) is 0 Å². The smallest absolute Gasteiger partial charge is 0.279 e. The Bertz CT molecular complexity index is 688. The number of aryl methyl sites for hydroxylation is 1. The molecule has 0 aliphatic heterocycles. The van der Waals surface area contributed by atoms with Gasteiger partial charge in [-0.05, 0) is 59.6 Å². The average molecular weight is 378 g/mol. The maximum absolute atomic E-state index is 12.1. The number of para-hydroxylation sites is 1. The van der Waals surface area contributed by atoms with E-state index in [1.165, 1.54) is 0 Å². The van der Waals surface area contributed by atoms with Crippen LogP contribution in [0.4, 0.5) is 5.69 Å². The van der Waals surface area contributed by atoms with Crippen molar-refractivity contribution in [3.8, 4) is 5.75 Å². The molecule has 2 aromatic rings. The van der Waals surface area contributed by atoms with Crippen molar-refractivity contribution in [2.45, 2.75) is 19.9 Å². The number of hydrogen-bond acceptors (Lipinski definition) is 2. The van der Waals surface area contributed by atoms with Crippen molar-refractivity contribution in [3.05, 3.63) is 58.1 Å². The van der Waals surface area contributed by atoms with Crippen molar-refractivity contribution in [1.29, 1.82) is 0 Å². The number of nitrogens with one attached hydrogen (secondary N) is 1. The topological polar surface area (TPSA) is 54.9 Å². The number of rotatable bonds is 6. The first-order valence-electron chi connectivity index (χ1n) is 7.53. The largest absolute Gasteiger partial charge is 0.496 e. The lowest BCUT2D eigenvalue weighted by molar-refractivity contribution is -0.682. The van der Waals surface area contributed by atoms with Gasteiger partial charge >= 0.3 is 0 Å². The summed E-state index contributed by atoms with van der Waals surface area (Å²) < 4.78 is 6.26. The molecule has 2 aromatic carbocycles. The Kier molecular flexibility index (Phi) is 6.19. The molecule has 4 nitrogen and oxygen atoms in total. The van der Waals surface area contributed by atoms with E-state index in [2.05, 4.69) is 28.2 Å². The van der Waals surface area contributed by atoms with E-state index in [9.17, 15) is 4.79 Å². The Hall–Kier alpha value is -1.85. The predicted molar refractivity (Wildman–Crippen MR) is 95.7 cm³/mol. The van der Waals surface area contributed by atoms with Crippen LogP contribution in [0.2, 0.25) is 0 Å². The summed E-state index contributed by atoms with van der Waals surface area (Å²) in [4.78, 5) is 12.1. The highest BCUT2D eigenvalue weighted by atomic mass is 79.9. The first-order chi connectivity index (χ1) is 11.0. The van der Waals surface area contributed by atoms with Crippen LogP contribution in [0.25, 0.3) is 0 Å². The minimum Gasteiger partial charge on any atom is -0.496 e. The molecule has 0 radical (unpaired) electrons. The maximum Gasteiger partial charge on any atom is 0.279 e. The molecule has 3 N–H and O–H groups in total. The summed E-state index contributed by atoms with van der Waals surface area (Å²) in [7, 11) is 1.66. The number of benzene rings is 2. The van der Waals surface area contributed by atoms with Gasteiger partial charge in [-0.1, -0.05) is 18.2 Å². The standard InChI is InChI=1S/C18H21BrN2O2/c1-12-8-9-16(15(19)10-12)21-18(22)11-20-13(2)14-6-4-5-7-17(14)23-3/h4-10,13,20H,11H2,1-3H3,(H,21,22)/p+1/t13-/m1/s1. The van der Waals surface area contributed by atoms with Gasteiger partial charge in [-0.2, -0.15) is 0 Å². The molecule has 1 atom stereocenters. The predicted octanol–water partition coefficient (Wildman–Crippen LogP) is 3.03. The van der Waals surface area contributed by atoms with E-state index in [-0.39, 0.29) is 11.9 Å². The Morgan fingerprint density at radius 2 is 2.04 bits per heavy atom. The molecule has 0 heterocycles. The molecule has 0 saturated carbocycles. The molecular weight excluding hydrogens is 356 g/mol. The third-order valence-electron chi connectivity index (χ3n) is 3.68.